The number of halogens is 12. The van der Waals surface area contributed by atoms with Crippen LogP contribution in [0.4, 0.5) is 52.7 Å². The van der Waals surface area contributed by atoms with Crippen molar-refractivity contribution in [3.63, 3.8) is 0 Å². The van der Waals surface area contributed by atoms with Gasteiger partial charge in [-0.1, -0.05) is 48.5 Å². The van der Waals surface area contributed by atoms with Crippen LogP contribution >= 0.6 is 0 Å². The Kier molecular flexibility index (Phi) is 6.96. The lowest BCUT2D eigenvalue weighted by molar-refractivity contribution is 0.449. The normalized spacial score (nSPS) is 12.5. The minimum atomic E-state index is -2.14. The first kappa shape index (κ1) is 32.8. The number of benzene rings is 8. The maximum atomic E-state index is 16.7. The molecular formula is C41H14F12. The predicted molar refractivity (Wildman–Crippen MR) is 174 cm³/mol. The average molecular weight is 735 g/mol. The topological polar surface area (TPSA) is 0 Å². The summed E-state index contributed by atoms with van der Waals surface area (Å²) in [5.74, 6) is -20.5. The smallest absolute Gasteiger partial charge is 0.195 e. The van der Waals surface area contributed by atoms with Gasteiger partial charge in [0, 0.05) is 50.2 Å². The summed E-state index contributed by atoms with van der Waals surface area (Å²) in [6.07, 6.45) is -0.473. The molecule has 0 fully saturated rings. The molecule has 262 valence electrons. The number of hydrogen-bond donors (Lipinski definition) is 0. The molecular weight excluding hydrogens is 720 g/mol. The van der Waals surface area contributed by atoms with E-state index in [1.54, 1.807) is 0 Å². The summed E-state index contributed by atoms with van der Waals surface area (Å²) in [6.45, 7) is 0. The lowest BCUT2D eigenvalue weighted by Crippen LogP contribution is -2.06. The molecule has 1 aliphatic rings. The maximum Gasteiger partial charge on any atom is 0.195 e. The number of hydrogen-bond acceptors (Lipinski definition) is 0. The highest BCUT2D eigenvalue weighted by molar-refractivity contribution is 6.26. The van der Waals surface area contributed by atoms with E-state index in [-0.39, 0.29) is 22.4 Å². The molecule has 1 aliphatic carbocycles. The van der Waals surface area contributed by atoms with E-state index < -0.39 is 148 Å². The summed E-state index contributed by atoms with van der Waals surface area (Å²) in [5, 5.41) is -3.33. The van der Waals surface area contributed by atoms with E-state index in [9.17, 15) is 8.78 Å². The van der Waals surface area contributed by atoms with Gasteiger partial charge in [-0.3, -0.25) is 0 Å². The molecule has 0 bridgehead atoms. The van der Waals surface area contributed by atoms with E-state index in [1.165, 1.54) is 24.3 Å². The second kappa shape index (κ2) is 11.2. The van der Waals surface area contributed by atoms with Crippen LogP contribution in [0.15, 0.2) is 72.8 Å². The lowest BCUT2D eigenvalue weighted by Gasteiger charge is -2.23. The van der Waals surface area contributed by atoms with Crippen molar-refractivity contribution >= 4 is 32.3 Å². The Morgan fingerprint density at radius 2 is 0.981 bits per heavy atom. The van der Waals surface area contributed by atoms with Crippen molar-refractivity contribution in [3.8, 4) is 44.5 Å². The second-order valence-corrected chi connectivity index (χ2v) is 12.6. The Balaban J connectivity index is 1.51. The highest BCUT2D eigenvalue weighted by atomic mass is 19.2. The molecule has 0 N–H and O–H groups in total. The molecule has 12 heteroatoms. The molecule has 8 aromatic rings. The highest BCUT2D eigenvalue weighted by Crippen LogP contribution is 2.53. The van der Waals surface area contributed by atoms with Crippen molar-refractivity contribution in [1.82, 2.24) is 0 Å². The average Bonchev–Trinajstić information content (AvgIpc) is 3.53. The summed E-state index contributed by atoms with van der Waals surface area (Å²) in [4.78, 5) is 0. The van der Waals surface area contributed by atoms with Crippen molar-refractivity contribution in [2.24, 2.45) is 0 Å². The highest BCUT2D eigenvalue weighted by Gasteiger charge is 2.37. The number of fused-ring (bicyclic) bond motifs is 3. The van der Waals surface area contributed by atoms with Crippen LogP contribution < -0.4 is 0 Å². The van der Waals surface area contributed by atoms with Gasteiger partial charge >= 0.3 is 0 Å². The summed E-state index contributed by atoms with van der Waals surface area (Å²) in [6, 6.07) is 11.7. The summed E-state index contributed by atoms with van der Waals surface area (Å²) < 4.78 is 187. The van der Waals surface area contributed by atoms with Gasteiger partial charge in [0.15, 0.2) is 52.4 Å². The largest absolute Gasteiger partial charge is 0.207 e. The first-order valence-corrected chi connectivity index (χ1v) is 15.7. The molecule has 0 aromatic heterocycles. The van der Waals surface area contributed by atoms with Gasteiger partial charge in [0.1, 0.15) is 17.5 Å². The fourth-order valence-electron chi connectivity index (χ4n) is 7.81. The molecule has 0 unspecified atom stereocenters. The van der Waals surface area contributed by atoms with Crippen molar-refractivity contribution in [2.45, 2.75) is 6.42 Å². The van der Waals surface area contributed by atoms with Crippen molar-refractivity contribution < 1.29 is 52.7 Å². The van der Waals surface area contributed by atoms with Crippen LogP contribution in [0.1, 0.15) is 11.1 Å². The van der Waals surface area contributed by atoms with Gasteiger partial charge in [0.2, 0.25) is 0 Å². The molecule has 0 nitrogen and oxygen atoms in total. The van der Waals surface area contributed by atoms with E-state index in [1.807, 2.05) is 0 Å². The standard InChI is InChI=1S/C41H14F12/c42-16-12-20(34(46)24(45)13-16)17-4-2-5-18(27(17)31-21-11-15-3-1-6-22(43)25(15)30(21)36(48)41(53)37(31)49)28-19-9-7-14-8-10-23(44)32-26(14)29(19)33(39(51)35(28)47)40(52)38(32)50/h1-10,12-13H,11H2. The molecule has 9 rings (SSSR count). The van der Waals surface area contributed by atoms with Gasteiger partial charge < -0.3 is 0 Å². The lowest BCUT2D eigenvalue weighted by atomic mass is 9.81. The second-order valence-electron chi connectivity index (χ2n) is 12.6. The quantitative estimate of drug-likeness (QED) is 0.0734. The van der Waals surface area contributed by atoms with E-state index >= 15 is 43.9 Å². The predicted octanol–water partition coefficient (Wildman–Crippen LogP) is 12.8. The molecule has 0 radical (unpaired) electrons. The maximum absolute atomic E-state index is 16.7. The first-order chi connectivity index (χ1) is 25.3. The van der Waals surface area contributed by atoms with E-state index in [2.05, 4.69) is 0 Å². The molecule has 8 aromatic carbocycles. The molecule has 0 atom stereocenters. The van der Waals surface area contributed by atoms with Gasteiger partial charge in [0.05, 0.1) is 10.8 Å². The van der Waals surface area contributed by atoms with E-state index in [0.29, 0.717) is 6.07 Å². The summed E-state index contributed by atoms with van der Waals surface area (Å²) in [7, 11) is 0. The van der Waals surface area contributed by atoms with Crippen molar-refractivity contribution in [3.05, 3.63) is 154 Å². The molecule has 0 amide bonds. The molecule has 0 saturated heterocycles. The minimum Gasteiger partial charge on any atom is -0.207 e. The van der Waals surface area contributed by atoms with Crippen LogP contribution in [0.25, 0.3) is 76.8 Å². The minimum absolute atomic E-state index is 0.0617. The Morgan fingerprint density at radius 1 is 0.358 bits per heavy atom. The van der Waals surface area contributed by atoms with Crippen LogP contribution in [-0.2, 0) is 6.42 Å². The van der Waals surface area contributed by atoms with Gasteiger partial charge in [-0.15, -0.1) is 0 Å². The molecule has 0 heterocycles. The van der Waals surface area contributed by atoms with Crippen molar-refractivity contribution in [1.29, 1.82) is 0 Å². The molecule has 53 heavy (non-hydrogen) atoms. The Bertz CT molecular complexity index is 2950. The van der Waals surface area contributed by atoms with Crippen LogP contribution in [0.5, 0.6) is 0 Å². The van der Waals surface area contributed by atoms with Crippen LogP contribution in [0.3, 0.4) is 0 Å². The monoisotopic (exact) mass is 734 g/mol. The third-order valence-corrected chi connectivity index (χ3v) is 9.93. The molecule has 0 saturated carbocycles. The molecule has 0 aliphatic heterocycles. The van der Waals surface area contributed by atoms with Gasteiger partial charge in [-0.05, 0) is 57.6 Å². The third kappa shape index (κ3) is 4.29. The SMILES string of the molecule is Fc1cc(F)c(F)c(-c2cccc(-c3c(F)c(F)c4c(F)c(F)c5c(F)ccc6ccc3c4c65)c2-c2c(F)c(F)c(F)c3c2Cc2cccc(F)c2-3)c1. The number of rotatable bonds is 3. The van der Waals surface area contributed by atoms with Crippen LogP contribution in [0, 0.1) is 69.8 Å². The fraction of sp³-hybridized carbons (Fsp3) is 0.0244. The first-order valence-electron chi connectivity index (χ1n) is 15.7. The van der Waals surface area contributed by atoms with E-state index in [4.69, 9.17) is 0 Å². The van der Waals surface area contributed by atoms with Crippen molar-refractivity contribution in [2.75, 3.05) is 0 Å². The van der Waals surface area contributed by atoms with Gasteiger partial charge in [-0.2, -0.15) is 0 Å². The summed E-state index contributed by atoms with van der Waals surface area (Å²) in [5.41, 5.74) is -6.22. The molecule has 0 spiro atoms. The Morgan fingerprint density at radius 3 is 1.74 bits per heavy atom. The summed E-state index contributed by atoms with van der Waals surface area (Å²) >= 11 is 0. The van der Waals surface area contributed by atoms with Gasteiger partial charge in [-0.25, -0.2) is 52.7 Å². The van der Waals surface area contributed by atoms with Crippen LogP contribution in [0.2, 0.25) is 0 Å². The van der Waals surface area contributed by atoms with E-state index in [0.717, 1.165) is 36.4 Å². The van der Waals surface area contributed by atoms with Crippen LogP contribution in [-0.4, -0.2) is 0 Å². The fourth-order valence-corrected chi connectivity index (χ4v) is 7.81. The zero-order valence-electron chi connectivity index (χ0n) is 26.2. The third-order valence-electron chi connectivity index (χ3n) is 9.93. The Hall–Kier alpha value is -6.04. The zero-order chi connectivity index (χ0) is 37.4. The van der Waals surface area contributed by atoms with Gasteiger partial charge in [0.25, 0.3) is 0 Å². The zero-order valence-corrected chi connectivity index (χ0v) is 26.2. The Labute approximate surface area is 289 Å².